The molecule has 0 saturated heterocycles. The van der Waals surface area contributed by atoms with Gasteiger partial charge in [0.1, 0.15) is 0 Å². The third kappa shape index (κ3) is 4.85. The van der Waals surface area contributed by atoms with Crippen molar-refractivity contribution in [1.29, 1.82) is 0 Å². The first-order valence-electron chi connectivity index (χ1n) is 5.85. The van der Waals surface area contributed by atoms with Crippen molar-refractivity contribution >= 4 is 72.7 Å². The fourth-order valence-corrected chi connectivity index (χ4v) is 3.01. The van der Waals surface area contributed by atoms with Crippen LogP contribution in [-0.4, -0.2) is 5.91 Å². The molecule has 0 aliphatic carbocycles. The molecule has 2 rings (SSSR count). The van der Waals surface area contributed by atoms with Crippen LogP contribution in [0.25, 0.3) is 6.08 Å². The van der Waals surface area contributed by atoms with E-state index < -0.39 is 0 Å². The van der Waals surface area contributed by atoms with E-state index in [0.717, 1.165) is 14.5 Å². The molecular weight excluding hydrogens is 441 g/mol. The fraction of sp³-hybridized carbons (Fsp3) is 0. The Kier molecular flexibility index (Phi) is 5.88. The number of carbonyl (C=O) groups is 1. The lowest BCUT2D eigenvalue weighted by Gasteiger charge is -2.05. The van der Waals surface area contributed by atoms with Gasteiger partial charge in [-0.2, -0.15) is 0 Å². The van der Waals surface area contributed by atoms with Gasteiger partial charge in [-0.3, -0.25) is 4.79 Å². The van der Waals surface area contributed by atoms with Crippen LogP contribution in [0.1, 0.15) is 5.56 Å². The van der Waals surface area contributed by atoms with Crippen molar-refractivity contribution in [1.82, 2.24) is 0 Å². The summed E-state index contributed by atoms with van der Waals surface area (Å²) in [5.74, 6) is -0.232. The average molecular weight is 450 g/mol. The second kappa shape index (κ2) is 7.45. The van der Waals surface area contributed by atoms with Crippen LogP contribution in [0, 0.1) is 0 Å². The maximum Gasteiger partial charge on any atom is 0.248 e. The quantitative estimate of drug-likeness (QED) is 0.558. The van der Waals surface area contributed by atoms with Gasteiger partial charge in [0.25, 0.3) is 0 Å². The maximum absolute atomic E-state index is 11.9. The molecule has 0 radical (unpaired) electrons. The Balaban J connectivity index is 2.07. The summed E-state index contributed by atoms with van der Waals surface area (Å²) >= 11 is 18.5. The first-order valence-corrected chi connectivity index (χ1v) is 8.19. The molecule has 0 fully saturated rings. The van der Waals surface area contributed by atoms with Crippen molar-refractivity contribution < 1.29 is 4.79 Å². The van der Waals surface area contributed by atoms with Gasteiger partial charge in [0.15, 0.2) is 0 Å². The van der Waals surface area contributed by atoms with E-state index in [1.54, 1.807) is 30.3 Å². The number of rotatable bonds is 3. The van der Waals surface area contributed by atoms with Crippen molar-refractivity contribution in [2.24, 2.45) is 0 Å². The zero-order chi connectivity index (χ0) is 15.4. The summed E-state index contributed by atoms with van der Waals surface area (Å²) < 4.78 is 1.73. The molecule has 2 aromatic rings. The Labute approximate surface area is 149 Å². The van der Waals surface area contributed by atoms with E-state index in [9.17, 15) is 4.79 Å². The Morgan fingerprint density at radius 3 is 2.48 bits per heavy atom. The number of hydrogen-bond donors (Lipinski definition) is 1. The third-order valence-corrected chi connectivity index (χ3v) is 4.45. The van der Waals surface area contributed by atoms with Gasteiger partial charge in [0, 0.05) is 15.0 Å². The predicted octanol–water partition coefficient (Wildman–Crippen LogP) is 6.17. The molecule has 1 amide bonds. The summed E-state index contributed by atoms with van der Waals surface area (Å²) in [5.41, 5.74) is 1.50. The number of carbonyl (C=O) groups excluding carboxylic acids is 1. The molecular formula is C15H9Br2Cl2NO. The Morgan fingerprint density at radius 1 is 1.05 bits per heavy atom. The van der Waals surface area contributed by atoms with Gasteiger partial charge in [-0.1, -0.05) is 45.2 Å². The lowest BCUT2D eigenvalue weighted by atomic mass is 10.2. The topological polar surface area (TPSA) is 29.1 Å². The van der Waals surface area contributed by atoms with Crippen molar-refractivity contribution in [3.63, 3.8) is 0 Å². The van der Waals surface area contributed by atoms with Crippen LogP contribution in [0.15, 0.2) is 51.4 Å². The van der Waals surface area contributed by atoms with E-state index in [1.165, 1.54) is 6.08 Å². The van der Waals surface area contributed by atoms with Crippen molar-refractivity contribution in [2.45, 2.75) is 0 Å². The Bertz CT molecular complexity index is 717. The minimum Gasteiger partial charge on any atom is -0.321 e. The van der Waals surface area contributed by atoms with E-state index in [2.05, 4.69) is 37.2 Å². The average Bonchev–Trinajstić information content (AvgIpc) is 2.43. The highest BCUT2D eigenvalue weighted by molar-refractivity contribution is 9.11. The first-order chi connectivity index (χ1) is 9.95. The van der Waals surface area contributed by atoms with Gasteiger partial charge in [-0.05, 0) is 57.9 Å². The number of halogens is 4. The minimum absolute atomic E-state index is 0.232. The highest BCUT2D eigenvalue weighted by Crippen LogP contribution is 2.26. The smallest absolute Gasteiger partial charge is 0.248 e. The highest BCUT2D eigenvalue weighted by Gasteiger charge is 2.03. The van der Waals surface area contributed by atoms with Crippen molar-refractivity contribution in [2.75, 3.05) is 5.32 Å². The van der Waals surface area contributed by atoms with Gasteiger partial charge in [0.2, 0.25) is 5.91 Å². The van der Waals surface area contributed by atoms with Gasteiger partial charge in [-0.25, -0.2) is 0 Å². The number of hydrogen-bond acceptors (Lipinski definition) is 1. The zero-order valence-electron chi connectivity index (χ0n) is 10.5. The van der Waals surface area contributed by atoms with Crippen LogP contribution in [0.2, 0.25) is 10.0 Å². The molecule has 2 aromatic carbocycles. The summed E-state index contributed by atoms with van der Waals surface area (Å²) in [6.45, 7) is 0. The molecule has 108 valence electrons. The van der Waals surface area contributed by atoms with Crippen LogP contribution in [0.4, 0.5) is 5.69 Å². The van der Waals surface area contributed by atoms with Crippen LogP contribution >= 0.6 is 55.1 Å². The van der Waals surface area contributed by atoms with Crippen molar-refractivity contribution in [3.05, 3.63) is 67.0 Å². The molecule has 0 aromatic heterocycles. The third-order valence-electron chi connectivity index (χ3n) is 2.56. The lowest BCUT2D eigenvalue weighted by molar-refractivity contribution is -0.111. The van der Waals surface area contributed by atoms with Crippen LogP contribution in [-0.2, 0) is 4.79 Å². The van der Waals surface area contributed by atoms with Gasteiger partial charge in [0.05, 0.1) is 15.7 Å². The molecule has 1 N–H and O–H groups in total. The van der Waals surface area contributed by atoms with Crippen LogP contribution < -0.4 is 5.32 Å². The molecule has 0 atom stereocenters. The molecule has 0 unspecified atom stereocenters. The van der Waals surface area contributed by atoms with E-state index >= 15 is 0 Å². The van der Waals surface area contributed by atoms with Crippen LogP contribution in [0.3, 0.4) is 0 Å². The molecule has 0 heterocycles. The van der Waals surface area contributed by atoms with E-state index in [4.69, 9.17) is 23.2 Å². The van der Waals surface area contributed by atoms with Gasteiger partial charge < -0.3 is 5.32 Å². The minimum atomic E-state index is -0.232. The van der Waals surface area contributed by atoms with E-state index in [1.807, 2.05) is 12.1 Å². The molecule has 6 heteroatoms. The number of benzene rings is 2. The standard InChI is InChI=1S/C15H9Br2Cl2NO/c16-10-3-5-14(11(17)8-10)20-15(21)6-2-9-1-4-12(18)13(19)7-9/h1-8H,(H,20,21)/b6-2+. The molecule has 0 saturated carbocycles. The Morgan fingerprint density at radius 2 is 1.81 bits per heavy atom. The molecule has 0 bridgehead atoms. The predicted molar refractivity (Wildman–Crippen MR) is 96.0 cm³/mol. The number of nitrogens with one attached hydrogen (secondary N) is 1. The molecule has 0 aliphatic heterocycles. The number of anilines is 1. The lowest BCUT2D eigenvalue weighted by Crippen LogP contribution is -2.08. The van der Waals surface area contributed by atoms with Crippen molar-refractivity contribution in [3.8, 4) is 0 Å². The van der Waals surface area contributed by atoms with Crippen LogP contribution in [0.5, 0.6) is 0 Å². The SMILES string of the molecule is O=C(/C=C/c1ccc(Cl)c(Cl)c1)Nc1ccc(Br)cc1Br. The summed E-state index contributed by atoms with van der Waals surface area (Å²) in [7, 11) is 0. The largest absolute Gasteiger partial charge is 0.321 e. The molecule has 0 aliphatic rings. The summed E-state index contributed by atoms with van der Waals surface area (Å²) in [6, 6.07) is 10.7. The monoisotopic (exact) mass is 447 g/mol. The van der Waals surface area contributed by atoms with Gasteiger partial charge >= 0.3 is 0 Å². The number of amides is 1. The maximum atomic E-state index is 11.9. The molecule has 0 spiro atoms. The summed E-state index contributed by atoms with van der Waals surface area (Å²) in [5, 5.41) is 3.72. The summed E-state index contributed by atoms with van der Waals surface area (Å²) in [4.78, 5) is 11.9. The fourth-order valence-electron chi connectivity index (χ4n) is 1.55. The normalized spacial score (nSPS) is 10.9. The Hall–Kier alpha value is -0.810. The van der Waals surface area contributed by atoms with Gasteiger partial charge in [-0.15, -0.1) is 0 Å². The zero-order valence-corrected chi connectivity index (χ0v) is 15.2. The molecule has 2 nitrogen and oxygen atoms in total. The first kappa shape index (κ1) is 16.6. The summed E-state index contributed by atoms with van der Waals surface area (Å²) in [6.07, 6.45) is 3.11. The highest BCUT2D eigenvalue weighted by atomic mass is 79.9. The van der Waals surface area contributed by atoms with E-state index in [0.29, 0.717) is 15.7 Å². The second-order valence-electron chi connectivity index (χ2n) is 4.12. The molecule has 21 heavy (non-hydrogen) atoms. The second-order valence-corrected chi connectivity index (χ2v) is 6.70. The van der Waals surface area contributed by atoms with E-state index in [-0.39, 0.29) is 5.91 Å².